The molecule has 0 saturated carbocycles. The standard InChI is InChI=1S/C8H18O5/c1-5(10)8(2,13)7(12)6(11)3-4-9/h5-7,9-13H,3-4H2,1-2H3. The molecule has 4 unspecified atom stereocenters. The number of aliphatic hydroxyl groups excluding tert-OH is 4. The van der Waals surface area contributed by atoms with Gasteiger partial charge in [-0.1, -0.05) is 0 Å². The predicted molar refractivity (Wildman–Crippen MR) is 46.0 cm³/mol. The first-order chi connectivity index (χ1) is 5.84. The Kier molecular flexibility index (Phi) is 4.80. The molecule has 0 aliphatic rings. The molecule has 0 rings (SSSR count). The molecule has 0 fully saturated rings. The molecular formula is C8H18O5. The summed E-state index contributed by atoms with van der Waals surface area (Å²) in [5.41, 5.74) is -1.77. The van der Waals surface area contributed by atoms with Gasteiger partial charge in [-0.3, -0.25) is 0 Å². The van der Waals surface area contributed by atoms with E-state index < -0.39 is 23.9 Å². The fourth-order valence-corrected chi connectivity index (χ4v) is 0.927. The molecule has 0 spiro atoms. The van der Waals surface area contributed by atoms with E-state index >= 15 is 0 Å². The van der Waals surface area contributed by atoms with Crippen molar-refractivity contribution >= 4 is 0 Å². The Morgan fingerprint density at radius 1 is 1.23 bits per heavy atom. The molecule has 5 nitrogen and oxygen atoms in total. The zero-order valence-electron chi connectivity index (χ0n) is 7.88. The quantitative estimate of drug-likeness (QED) is 0.356. The number of hydrogen-bond donors (Lipinski definition) is 5. The fourth-order valence-electron chi connectivity index (χ4n) is 0.927. The Hall–Kier alpha value is -0.200. The Bertz CT molecular complexity index is 145. The molecular weight excluding hydrogens is 176 g/mol. The minimum Gasteiger partial charge on any atom is -0.396 e. The van der Waals surface area contributed by atoms with Gasteiger partial charge in [0.15, 0.2) is 0 Å². The summed E-state index contributed by atoms with van der Waals surface area (Å²) in [5.74, 6) is 0. The lowest BCUT2D eigenvalue weighted by molar-refractivity contribution is -0.164. The van der Waals surface area contributed by atoms with Gasteiger partial charge in [-0.15, -0.1) is 0 Å². The molecule has 5 heteroatoms. The van der Waals surface area contributed by atoms with Gasteiger partial charge in [0.05, 0.1) is 12.2 Å². The molecule has 0 aliphatic carbocycles. The van der Waals surface area contributed by atoms with Crippen molar-refractivity contribution in [2.45, 2.75) is 44.2 Å². The third-order valence-electron chi connectivity index (χ3n) is 2.23. The van der Waals surface area contributed by atoms with Crippen molar-refractivity contribution in [3.63, 3.8) is 0 Å². The zero-order chi connectivity index (χ0) is 10.6. The highest BCUT2D eigenvalue weighted by Crippen LogP contribution is 2.19. The van der Waals surface area contributed by atoms with Crippen LogP contribution in [0.15, 0.2) is 0 Å². The molecule has 0 saturated heterocycles. The molecule has 5 N–H and O–H groups in total. The Morgan fingerprint density at radius 3 is 2.00 bits per heavy atom. The van der Waals surface area contributed by atoms with Gasteiger partial charge in [-0.05, 0) is 20.3 Å². The molecule has 4 atom stereocenters. The monoisotopic (exact) mass is 194 g/mol. The fraction of sp³-hybridized carbons (Fsp3) is 1.00. The Morgan fingerprint density at radius 2 is 1.69 bits per heavy atom. The minimum atomic E-state index is -1.77. The van der Waals surface area contributed by atoms with Crippen molar-refractivity contribution in [1.82, 2.24) is 0 Å². The van der Waals surface area contributed by atoms with Gasteiger partial charge in [0.1, 0.15) is 11.7 Å². The van der Waals surface area contributed by atoms with Gasteiger partial charge in [0, 0.05) is 6.61 Å². The molecule has 0 heterocycles. The van der Waals surface area contributed by atoms with Crippen LogP contribution in [0.3, 0.4) is 0 Å². The van der Waals surface area contributed by atoms with Crippen molar-refractivity contribution in [3.8, 4) is 0 Å². The first-order valence-corrected chi connectivity index (χ1v) is 4.21. The van der Waals surface area contributed by atoms with Crippen LogP contribution < -0.4 is 0 Å². The van der Waals surface area contributed by atoms with Gasteiger partial charge in [-0.2, -0.15) is 0 Å². The highest BCUT2D eigenvalue weighted by Gasteiger charge is 2.39. The van der Waals surface area contributed by atoms with E-state index in [1.54, 1.807) is 0 Å². The van der Waals surface area contributed by atoms with E-state index in [4.69, 9.17) is 10.2 Å². The molecule has 0 bridgehead atoms. The maximum absolute atomic E-state index is 9.52. The second-order valence-corrected chi connectivity index (χ2v) is 3.43. The van der Waals surface area contributed by atoms with E-state index in [1.165, 1.54) is 13.8 Å². The van der Waals surface area contributed by atoms with Crippen molar-refractivity contribution in [2.24, 2.45) is 0 Å². The van der Waals surface area contributed by atoms with Crippen LogP contribution in [0.2, 0.25) is 0 Å². The summed E-state index contributed by atoms with van der Waals surface area (Å²) in [6.07, 6.45) is -3.91. The van der Waals surface area contributed by atoms with E-state index in [1.807, 2.05) is 0 Å². The Labute approximate surface area is 77.3 Å². The summed E-state index contributed by atoms with van der Waals surface area (Å²) in [4.78, 5) is 0. The smallest absolute Gasteiger partial charge is 0.116 e. The lowest BCUT2D eigenvalue weighted by Crippen LogP contribution is -2.53. The normalized spacial score (nSPS) is 23.3. The third kappa shape index (κ3) is 3.21. The summed E-state index contributed by atoms with van der Waals surface area (Å²) in [6.45, 7) is 2.26. The van der Waals surface area contributed by atoms with Crippen molar-refractivity contribution in [1.29, 1.82) is 0 Å². The molecule has 80 valence electrons. The highest BCUT2D eigenvalue weighted by molar-refractivity contribution is 4.90. The summed E-state index contributed by atoms with van der Waals surface area (Å²) in [6, 6.07) is 0. The molecule has 0 aromatic heterocycles. The lowest BCUT2D eigenvalue weighted by Gasteiger charge is -2.34. The van der Waals surface area contributed by atoms with E-state index in [2.05, 4.69) is 0 Å². The van der Waals surface area contributed by atoms with Gasteiger partial charge < -0.3 is 25.5 Å². The van der Waals surface area contributed by atoms with Crippen LogP contribution in [0, 0.1) is 0 Å². The van der Waals surface area contributed by atoms with Crippen LogP contribution in [0.25, 0.3) is 0 Å². The summed E-state index contributed by atoms with van der Waals surface area (Å²) >= 11 is 0. The van der Waals surface area contributed by atoms with E-state index in [-0.39, 0.29) is 13.0 Å². The van der Waals surface area contributed by atoms with Crippen LogP contribution in [-0.2, 0) is 0 Å². The molecule has 0 radical (unpaired) electrons. The van der Waals surface area contributed by atoms with E-state index in [9.17, 15) is 15.3 Å². The van der Waals surface area contributed by atoms with Gasteiger partial charge in [0.25, 0.3) is 0 Å². The van der Waals surface area contributed by atoms with Gasteiger partial charge in [0.2, 0.25) is 0 Å². The largest absolute Gasteiger partial charge is 0.396 e. The predicted octanol–water partition coefficient (Wildman–Crippen LogP) is -1.78. The minimum absolute atomic E-state index is 0.0377. The number of rotatable bonds is 5. The first kappa shape index (κ1) is 12.8. The summed E-state index contributed by atoms with van der Waals surface area (Å²) in [5, 5.41) is 45.7. The lowest BCUT2D eigenvalue weighted by atomic mass is 9.89. The average molecular weight is 194 g/mol. The van der Waals surface area contributed by atoms with Gasteiger partial charge in [-0.25, -0.2) is 0 Å². The second-order valence-electron chi connectivity index (χ2n) is 3.43. The van der Waals surface area contributed by atoms with E-state index in [0.29, 0.717) is 0 Å². The van der Waals surface area contributed by atoms with Crippen LogP contribution in [0.4, 0.5) is 0 Å². The number of hydrogen-bond acceptors (Lipinski definition) is 5. The molecule has 0 aromatic rings. The second kappa shape index (κ2) is 4.88. The van der Waals surface area contributed by atoms with Crippen LogP contribution in [-0.4, -0.2) is 56.1 Å². The zero-order valence-corrected chi connectivity index (χ0v) is 7.88. The molecule has 13 heavy (non-hydrogen) atoms. The molecule has 0 amide bonds. The SMILES string of the molecule is CC(O)C(C)(O)C(O)C(O)CCO. The maximum atomic E-state index is 9.52. The number of aliphatic hydroxyl groups is 5. The molecule has 0 aromatic carbocycles. The van der Waals surface area contributed by atoms with E-state index in [0.717, 1.165) is 0 Å². The maximum Gasteiger partial charge on any atom is 0.116 e. The van der Waals surface area contributed by atoms with Gasteiger partial charge >= 0.3 is 0 Å². The van der Waals surface area contributed by atoms with Crippen LogP contribution in [0.1, 0.15) is 20.3 Å². The summed E-state index contributed by atoms with van der Waals surface area (Å²) < 4.78 is 0. The van der Waals surface area contributed by atoms with Crippen LogP contribution in [0.5, 0.6) is 0 Å². The first-order valence-electron chi connectivity index (χ1n) is 4.21. The topological polar surface area (TPSA) is 101 Å². The molecule has 0 aliphatic heterocycles. The Balaban J connectivity index is 4.30. The third-order valence-corrected chi connectivity index (χ3v) is 2.23. The van der Waals surface area contributed by atoms with Crippen molar-refractivity contribution in [3.05, 3.63) is 0 Å². The van der Waals surface area contributed by atoms with Crippen molar-refractivity contribution in [2.75, 3.05) is 6.61 Å². The van der Waals surface area contributed by atoms with Crippen LogP contribution >= 0.6 is 0 Å². The van der Waals surface area contributed by atoms with Crippen molar-refractivity contribution < 1.29 is 25.5 Å². The summed E-state index contributed by atoms with van der Waals surface area (Å²) in [7, 11) is 0. The highest BCUT2D eigenvalue weighted by atomic mass is 16.4. The average Bonchev–Trinajstić information content (AvgIpc) is 2.03.